The Morgan fingerprint density at radius 1 is 1.29 bits per heavy atom. The van der Waals surface area contributed by atoms with Crippen molar-refractivity contribution in [2.24, 2.45) is 0 Å². The Bertz CT molecular complexity index is 690. The van der Waals surface area contributed by atoms with E-state index in [-0.39, 0.29) is 23.8 Å². The maximum absolute atomic E-state index is 12.0. The van der Waals surface area contributed by atoms with Gasteiger partial charge in [-0.1, -0.05) is 11.6 Å². The lowest BCUT2D eigenvalue weighted by Crippen LogP contribution is -2.13. The highest BCUT2D eigenvalue weighted by Crippen LogP contribution is 2.28. The molecule has 0 atom stereocenters. The summed E-state index contributed by atoms with van der Waals surface area (Å²) in [6.07, 6.45) is 0. The van der Waals surface area contributed by atoms with Crippen molar-refractivity contribution in [1.82, 2.24) is 4.57 Å². The number of anilines is 1. The number of ether oxygens (including phenoxy) is 1. The zero-order valence-corrected chi connectivity index (χ0v) is 12.5. The fourth-order valence-corrected chi connectivity index (χ4v) is 2.30. The molecule has 0 saturated carbocycles. The molecule has 5 nitrogen and oxygen atoms in total. The van der Waals surface area contributed by atoms with Gasteiger partial charge in [-0.05, 0) is 44.2 Å². The number of nitrogens with two attached hydrogens (primary N) is 1. The van der Waals surface area contributed by atoms with Crippen molar-refractivity contribution in [3.05, 3.63) is 46.7 Å². The Hall–Kier alpha value is -2.27. The predicted octanol–water partition coefficient (Wildman–Crippen LogP) is 3.09. The molecule has 0 aliphatic carbocycles. The minimum absolute atomic E-state index is 0.0368. The quantitative estimate of drug-likeness (QED) is 0.696. The highest BCUT2D eigenvalue weighted by molar-refractivity contribution is 6.30. The van der Waals surface area contributed by atoms with Crippen LogP contribution in [0, 0.1) is 0 Å². The van der Waals surface area contributed by atoms with Crippen LogP contribution in [0.1, 0.15) is 34.7 Å². The molecule has 0 unspecified atom stereocenters. The number of halogens is 1. The van der Waals surface area contributed by atoms with Gasteiger partial charge in [-0.25, -0.2) is 4.79 Å². The summed E-state index contributed by atoms with van der Waals surface area (Å²) in [6, 6.07) is 8.22. The van der Waals surface area contributed by atoms with E-state index in [0.29, 0.717) is 16.4 Å². The zero-order valence-electron chi connectivity index (χ0n) is 11.7. The fourth-order valence-electron chi connectivity index (χ4n) is 2.00. The Morgan fingerprint density at radius 3 is 2.43 bits per heavy atom. The van der Waals surface area contributed by atoms with Crippen LogP contribution in [-0.4, -0.2) is 22.9 Å². The van der Waals surface area contributed by atoms with Gasteiger partial charge in [-0.2, -0.15) is 0 Å². The average molecular weight is 307 g/mol. The lowest BCUT2D eigenvalue weighted by Gasteiger charge is -2.11. The average Bonchev–Trinajstić information content (AvgIpc) is 2.73. The molecule has 6 heteroatoms. The Labute approximate surface area is 127 Å². The van der Waals surface area contributed by atoms with E-state index in [4.69, 9.17) is 22.1 Å². The van der Waals surface area contributed by atoms with E-state index < -0.39 is 5.97 Å². The highest BCUT2D eigenvalue weighted by Gasteiger charge is 2.21. The maximum Gasteiger partial charge on any atom is 0.357 e. The monoisotopic (exact) mass is 306 g/mol. The minimum atomic E-state index is -0.544. The van der Waals surface area contributed by atoms with E-state index in [1.165, 1.54) is 17.6 Å². The van der Waals surface area contributed by atoms with Crippen LogP contribution in [0.25, 0.3) is 5.69 Å². The Balaban J connectivity index is 2.52. The number of hydrogen-bond acceptors (Lipinski definition) is 4. The molecular formula is C15H15ClN2O3. The molecular weight excluding hydrogens is 292 g/mol. The first-order valence-corrected chi connectivity index (χ1v) is 6.78. The van der Waals surface area contributed by atoms with Gasteiger partial charge in [0.05, 0.1) is 12.3 Å². The number of benzene rings is 1. The molecule has 0 fully saturated rings. The molecule has 0 radical (unpaired) electrons. The van der Waals surface area contributed by atoms with Crippen LogP contribution in [0.3, 0.4) is 0 Å². The summed E-state index contributed by atoms with van der Waals surface area (Å²) in [5.74, 6) is -0.581. The van der Waals surface area contributed by atoms with Crippen LogP contribution in [0.4, 0.5) is 5.69 Å². The van der Waals surface area contributed by atoms with Crippen LogP contribution in [0.5, 0.6) is 0 Å². The molecule has 0 bridgehead atoms. The largest absolute Gasteiger partial charge is 0.461 e. The number of esters is 1. The number of nitrogens with zero attached hydrogens (tertiary/aromatic N) is 1. The first kappa shape index (κ1) is 15.1. The van der Waals surface area contributed by atoms with Crippen LogP contribution in [-0.2, 0) is 4.74 Å². The van der Waals surface area contributed by atoms with Crippen LogP contribution in [0.15, 0.2) is 30.3 Å². The Morgan fingerprint density at radius 2 is 1.90 bits per heavy atom. The summed E-state index contributed by atoms with van der Waals surface area (Å²) in [4.78, 5) is 23.3. The molecule has 0 spiro atoms. The Kier molecular flexibility index (Phi) is 4.33. The molecule has 1 heterocycles. The third-order valence-electron chi connectivity index (χ3n) is 2.99. The molecule has 2 aromatic rings. The second-order valence-corrected chi connectivity index (χ2v) is 4.82. The van der Waals surface area contributed by atoms with Crippen molar-refractivity contribution in [1.29, 1.82) is 0 Å². The van der Waals surface area contributed by atoms with Crippen molar-refractivity contribution in [2.75, 3.05) is 12.3 Å². The van der Waals surface area contributed by atoms with Crippen LogP contribution >= 0.6 is 11.6 Å². The van der Waals surface area contributed by atoms with Crippen molar-refractivity contribution in [2.45, 2.75) is 13.8 Å². The first-order valence-electron chi connectivity index (χ1n) is 6.41. The summed E-state index contributed by atoms with van der Waals surface area (Å²) in [5, 5.41) is 0.297. The molecule has 21 heavy (non-hydrogen) atoms. The first-order chi connectivity index (χ1) is 9.95. The van der Waals surface area contributed by atoms with Gasteiger partial charge in [0.25, 0.3) is 0 Å². The van der Waals surface area contributed by atoms with Gasteiger partial charge in [0.1, 0.15) is 5.15 Å². The summed E-state index contributed by atoms with van der Waals surface area (Å²) in [5.41, 5.74) is 7.46. The highest BCUT2D eigenvalue weighted by atomic mass is 35.5. The van der Waals surface area contributed by atoms with E-state index in [1.807, 2.05) is 0 Å². The van der Waals surface area contributed by atoms with E-state index >= 15 is 0 Å². The van der Waals surface area contributed by atoms with E-state index in [1.54, 1.807) is 31.2 Å². The van der Waals surface area contributed by atoms with Gasteiger partial charge in [-0.3, -0.25) is 9.36 Å². The second kappa shape index (κ2) is 6.01. The fraction of sp³-hybridized carbons (Fsp3) is 0.200. The van der Waals surface area contributed by atoms with Gasteiger partial charge < -0.3 is 10.5 Å². The summed E-state index contributed by atoms with van der Waals surface area (Å²) >= 11 is 6.14. The zero-order chi connectivity index (χ0) is 15.6. The van der Waals surface area contributed by atoms with E-state index in [0.717, 1.165) is 0 Å². The standard InChI is InChI=1S/C15H15ClN2O3/c1-3-21-15(20)14-12(17)8-13(16)18(14)11-6-4-10(5-7-11)9(2)19/h4-8H,3,17H2,1-2H3. The minimum Gasteiger partial charge on any atom is -0.461 e. The normalized spacial score (nSPS) is 10.4. The summed E-state index contributed by atoms with van der Waals surface area (Å²) in [7, 11) is 0. The van der Waals surface area contributed by atoms with Crippen LogP contribution in [0.2, 0.25) is 5.15 Å². The van der Waals surface area contributed by atoms with Crippen molar-refractivity contribution >= 4 is 29.0 Å². The van der Waals surface area contributed by atoms with Crippen LogP contribution < -0.4 is 5.73 Å². The lowest BCUT2D eigenvalue weighted by molar-refractivity contribution is 0.0518. The number of nitrogen functional groups attached to an aromatic ring is 1. The smallest absolute Gasteiger partial charge is 0.357 e. The predicted molar refractivity (Wildman–Crippen MR) is 81.2 cm³/mol. The second-order valence-electron chi connectivity index (χ2n) is 4.43. The summed E-state index contributed by atoms with van der Waals surface area (Å²) < 4.78 is 6.49. The lowest BCUT2D eigenvalue weighted by atomic mass is 10.1. The third-order valence-corrected chi connectivity index (χ3v) is 3.26. The van der Waals surface area contributed by atoms with Crippen molar-refractivity contribution in [3.8, 4) is 5.69 Å². The summed E-state index contributed by atoms with van der Waals surface area (Å²) in [6.45, 7) is 3.44. The number of carbonyl (C=O) groups excluding carboxylic acids is 2. The number of carbonyl (C=O) groups is 2. The SMILES string of the molecule is CCOC(=O)c1c(N)cc(Cl)n1-c1ccc(C(C)=O)cc1. The topological polar surface area (TPSA) is 74.3 Å². The van der Waals surface area contributed by atoms with Gasteiger partial charge in [0, 0.05) is 11.3 Å². The molecule has 0 aliphatic rings. The molecule has 0 amide bonds. The van der Waals surface area contributed by atoms with Gasteiger partial charge in [0.2, 0.25) is 0 Å². The van der Waals surface area contributed by atoms with Gasteiger partial charge >= 0.3 is 5.97 Å². The number of Topliss-reactive ketones (excluding diaryl/α,β-unsaturated/α-hetero) is 1. The number of hydrogen-bond donors (Lipinski definition) is 1. The molecule has 0 saturated heterocycles. The molecule has 1 aromatic carbocycles. The molecule has 110 valence electrons. The molecule has 2 rings (SSSR count). The molecule has 0 aliphatic heterocycles. The maximum atomic E-state index is 12.0. The number of ketones is 1. The molecule has 2 N–H and O–H groups in total. The number of aromatic nitrogens is 1. The van der Waals surface area contributed by atoms with Crippen molar-refractivity contribution < 1.29 is 14.3 Å². The van der Waals surface area contributed by atoms with Crippen molar-refractivity contribution in [3.63, 3.8) is 0 Å². The number of rotatable bonds is 4. The van der Waals surface area contributed by atoms with E-state index in [9.17, 15) is 9.59 Å². The molecule has 1 aromatic heterocycles. The van der Waals surface area contributed by atoms with Gasteiger partial charge in [-0.15, -0.1) is 0 Å². The van der Waals surface area contributed by atoms with E-state index in [2.05, 4.69) is 0 Å². The third kappa shape index (κ3) is 2.92. The van der Waals surface area contributed by atoms with Gasteiger partial charge in [0.15, 0.2) is 11.5 Å².